The van der Waals surface area contributed by atoms with Crippen LogP contribution in [0.2, 0.25) is 0 Å². The van der Waals surface area contributed by atoms with Gasteiger partial charge in [0.1, 0.15) is 6.23 Å². The summed E-state index contributed by atoms with van der Waals surface area (Å²) in [6.45, 7) is 1.98. The van der Waals surface area contributed by atoms with Crippen LogP contribution >= 0.6 is 0 Å². The van der Waals surface area contributed by atoms with E-state index in [-0.39, 0.29) is 43.5 Å². The number of hydroxylamine groups is 2. The van der Waals surface area contributed by atoms with E-state index in [4.69, 9.17) is 9.94 Å². The zero-order valence-corrected chi connectivity index (χ0v) is 28.3. The Morgan fingerprint density at radius 1 is 0.941 bits per heavy atom. The van der Waals surface area contributed by atoms with Crippen molar-refractivity contribution in [3.05, 3.63) is 95.3 Å². The van der Waals surface area contributed by atoms with Crippen molar-refractivity contribution in [3.63, 3.8) is 0 Å². The first-order valence-corrected chi connectivity index (χ1v) is 17.4. The second kappa shape index (κ2) is 16.7. The number of imide groups is 1. The summed E-state index contributed by atoms with van der Waals surface area (Å²) in [6.07, 6.45) is 3.92. The Morgan fingerprint density at radius 2 is 1.69 bits per heavy atom. The largest absolute Gasteiger partial charge is 0.372 e. The van der Waals surface area contributed by atoms with Gasteiger partial charge in [-0.2, -0.15) is 10.2 Å². The SMILES string of the molecule is O=C(CCCC(O)ON1C(=O)CCC1=O)NCCCCN1N=C(c2ccc(NC(=O)N3Cc4ccncc4C3)cc2)C(c2ccccc2)CC1O. The van der Waals surface area contributed by atoms with Gasteiger partial charge in [-0.1, -0.05) is 42.5 Å². The summed E-state index contributed by atoms with van der Waals surface area (Å²) in [6, 6.07) is 19.3. The van der Waals surface area contributed by atoms with Crippen LogP contribution in [0.25, 0.3) is 0 Å². The number of aliphatic hydroxyl groups is 2. The highest BCUT2D eigenvalue weighted by Crippen LogP contribution is 2.32. The lowest BCUT2D eigenvalue weighted by molar-refractivity contribution is -0.245. The number of carbonyl (C=O) groups is 4. The maximum absolute atomic E-state index is 13.0. The van der Waals surface area contributed by atoms with E-state index in [9.17, 15) is 29.4 Å². The molecule has 3 aliphatic rings. The van der Waals surface area contributed by atoms with Gasteiger partial charge >= 0.3 is 6.03 Å². The summed E-state index contributed by atoms with van der Waals surface area (Å²) in [5, 5.41) is 34.2. The molecule has 1 aromatic heterocycles. The minimum absolute atomic E-state index is 0.0663. The molecule has 3 atom stereocenters. The van der Waals surface area contributed by atoms with Crippen LogP contribution in [0.1, 0.15) is 79.5 Å². The number of rotatable bonds is 14. The van der Waals surface area contributed by atoms with Gasteiger partial charge in [-0.25, -0.2) is 9.63 Å². The zero-order chi connectivity index (χ0) is 35.7. The molecule has 5 amide bonds. The summed E-state index contributed by atoms with van der Waals surface area (Å²) in [5.41, 5.74) is 5.59. The molecular weight excluding hydrogens is 654 g/mol. The summed E-state index contributed by atoms with van der Waals surface area (Å²) >= 11 is 0. The van der Waals surface area contributed by atoms with Crippen molar-refractivity contribution < 1.29 is 34.2 Å². The van der Waals surface area contributed by atoms with E-state index < -0.39 is 24.3 Å². The van der Waals surface area contributed by atoms with Crippen molar-refractivity contribution >= 4 is 35.2 Å². The van der Waals surface area contributed by atoms with Crippen molar-refractivity contribution in [3.8, 4) is 0 Å². The molecule has 51 heavy (non-hydrogen) atoms. The lowest BCUT2D eigenvalue weighted by Gasteiger charge is -2.35. The van der Waals surface area contributed by atoms with Gasteiger partial charge in [0.25, 0.3) is 11.8 Å². The molecule has 3 aromatic rings. The number of anilines is 1. The number of nitrogens with one attached hydrogen (secondary N) is 2. The Balaban J connectivity index is 0.989. The van der Waals surface area contributed by atoms with E-state index in [0.717, 1.165) is 28.0 Å². The first kappa shape index (κ1) is 35.6. The quantitative estimate of drug-likeness (QED) is 0.111. The predicted molar refractivity (Wildman–Crippen MR) is 186 cm³/mol. The van der Waals surface area contributed by atoms with Crippen molar-refractivity contribution in [2.45, 2.75) is 82.9 Å². The number of amides is 5. The molecule has 0 radical (unpaired) electrons. The van der Waals surface area contributed by atoms with E-state index in [2.05, 4.69) is 15.6 Å². The van der Waals surface area contributed by atoms with Crippen molar-refractivity contribution in [1.82, 2.24) is 25.3 Å². The first-order valence-electron chi connectivity index (χ1n) is 17.4. The Labute approximate surface area is 296 Å². The van der Waals surface area contributed by atoms with Gasteiger partial charge in [-0.05, 0) is 59.7 Å². The van der Waals surface area contributed by atoms with Gasteiger partial charge in [-0.3, -0.25) is 24.4 Å². The van der Waals surface area contributed by atoms with Crippen LogP contribution in [0.3, 0.4) is 0 Å². The van der Waals surface area contributed by atoms with E-state index in [1.165, 1.54) is 0 Å². The fourth-order valence-electron chi connectivity index (χ4n) is 6.45. The fraction of sp³-hybridized carbons (Fsp3) is 0.405. The number of urea groups is 1. The number of unbranched alkanes of at least 4 members (excludes halogenated alkanes) is 1. The van der Waals surface area contributed by atoms with Gasteiger partial charge < -0.3 is 25.7 Å². The number of aliphatic hydroxyl groups excluding tert-OH is 2. The van der Waals surface area contributed by atoms with Crippen molar-refractivity contribution in [2.24, 2.45) is 5.10 Å². The molecule has 4 N–H and O–H groups in total. The fourth-order valence-corrected chi connectivity index (χ4v) is 6.45. The minimum atomic E-state index is -1.34. The maximum Gasteiger partial charge on any atom is 0.322 e. The average molecular weight is 698 g/mol. The maximum atomic E-state index is 13.0. The monoisotopic (exact) mass is 697 g/mol. The normalized spacial score (nSPS) is 19.2. The highest BCUT2D eigenvalue weighted by Gasteiger charge is 2.33. The highest BCUT2D eigenvalue weighted by molar-refractivity contribution is 6.06. The Kier molecular flexibility index (Phi) is 11.7. The summed E-state index contributed by atoms with van der Waals surface area (Å²) in [4.78, 5) is 59.4. The van der Waals surface area contributed by atoms with Crippen molar-refractivity contribution in [1.29, 1.82) is 0 Å². The first-order chi connectivity index (χ1) is 24.7. The van der Waals surface area contributed by atoms with E-state index in [0.29, 0.717) is 62.6 Å². The lowest BCUT2D eigenvalue weighted by Crippen LogP contribution is -2.40. The van der Waals surface area contributed by atoms with Crippen LogP contribution in [0.4, 0.5) is 10.5 Å². The Morgan fingerprint density at radius 3 is 2.43 bits per heavy atom. The van der Waals surface area contributed by atoms with Gasteiger partial charge in [0.05, 0.1) is 5.71 Å². The standard InChI is InChI=1S/C37H43N7O7/c45-31(9-6-10-35(49)51-44-32(46)15-16-33(44)47)39-18-4-5-20-43-34(48)21-30(25-7-2-1-3-8-25)36(41-43)26-11-13-29(14-12-26)40-37(50)42-23-27-17-19-38-22-28(27)24-42/h1-3,7-8,11-14,17,19,22,30,34-35,48-49H,4-6,9-10,15-16,18,20-21,23-24H2,(H,39,45)(H,40,50). The number of benzene rings is 2. The molecule has 0 aliphatic carbocycles. The number of hydrazone groups is 1. The van der Waals surface area contributed by atoms with E-state index in [1.54, 1.807) is 22.3 Å². The van der Waals surface area contributed by atoms with Gasteiger partial charge in [0, 0.05) is 82.3 Å². The third-order valence-corrected chi connectivity index (χ3v) is 9.23. The van der Waals surface area contributed by atoms with Crippen LogP contribution < -0.4 is 10.6 Å². The van der Waals surface area contributed by atoms with Gasteiger partial charge in [-0.15, -0.1) is 0 Å². The van der Waals surface area contributed by atoms with Crippen molar-refractivity contribution in [2.75, 3.05) is 18.4 Å². The number of pyridine rings is 1. The van der Waals surface area contributed by atoms with Crippen LogP contribution in [-0.4, -0.2) is 85.2 Å². The van der Waals surface area contributed by atoms with Crippen LogP contribution in [-0.2, 0) is 32.3 Å². The number of aromatic nitrogens is 1. The predicted octanol–water partition coefficient (Wildman–Crippen LogP) is 3.61. The molecule has 1 fully saturated rings. The number of hydrogen-bond acceptors (Lipinski definition) is 10. The number of nitrogens with zero attached hydrogens (tertiary/aromatic N) is 5. The minimum Gasteiger partial charge on any atom is -0.372 e. The number of fused-ring (bicyclic) bond motifs is 1. The van der Waals surface area contributed by atoms with Crippen LogP contribution in [0.15, 0.2) is 78.2 Å². The zero-order valence-electron chi connectivity index (χ0n) is 28.3. The number of hydrogen-bond donors (Lipinski definition) is 4. The highest BCUT2D eigenvalue weighted by atomic mass is 16.8. The van der Waals surface area contributed by atoms with Crippen LogP contribution in [0, 0.1) is 0 Å². The molecule has 0 bridgehead atoms. The molecule has 14 nitrogen and oxygen atoms in total. The number of carbonyl (C=O) groups excluding carboxylic acids is 4. The second-order valence-corrected chi connectivity index (χ2v) is 12.9. The van der Waals surface area contributed by atoms with E-state index >= 15 is 0 Å². The molecule has 3 unspecified atom stereocenters. The molecular formula is C37H43N7O7. The second-order valence-electron chi connectivity index (χ2n) is 12.9. The summed E-state index contributed by atoms with van der Waals surface area (Å²) < 4.78 is 0. The average Bonchev–Trinajstić information content (AvgIpc) is 3.72. The lowest BCUT2D eigenvalue weighted by atomic mass is 9.85. The molecule has 3 aliphatic heterocycles. The summed E-state index contributed by atoms with van der Waals surface area (Å²) in [7, 11) is 0. The smallest absolute Gasteiger partial charge is 0.322 e. The third kappa shape index (κ3) is 9.14. The molecule has 14 heteroatoms. The Bertz CT molecular complexity index is 1700. The third-order valence-electron chi connectivity index (χ3n) is 9.23. The van der Waals surface area contributed by atoms with Crippen LogP contribution in [0.5, 0.6) is 0 Å². The topological polar surface area (TPSA) is 177 Å². The molecule has 1 saturated heterocycles. The summed E-state index contributed by atoms with van der Waals surface area (Å²) in [5.74, 6) is -1.27. The van der Waals surface area contributed by atoms with Gasteiger partial charge in [0.15, 0.2) is 6.29 Å². The molecule has 2 aromatic carbocycles. The molecule has 0 spiro atoms. The molecule has 6 rings (SSSR count). The molecule has 268 valence electrons. The van der Waals surface area contributed by atoms with Gasteiger partial charge in [0.2, 0.25) is 5.91 Å². The molecule has 4 heterocycles. The Hall–Kier alpha value is -5.18. The molecule has 0 saturated carbocycles. The van der Waals surface area contributed by atoms with E-state index in [1.807, 2.05) is 60.7 Å².